The highest BCUT2D eigenvalue weighted by Crippen LogP contribution is 2.29. The number of carbonyl (C=O) groups is 8. The van der Waals surface area contributed by atoms with Crippen LogP contribution in [0.5, 0.6) is 0 Å². The van der Waals surface area contributed by atoms with E-state index in [-0.39, 0.29) is 68.5 Å². The molecule has 296 valence electrons. The van der Waals surface area contributed by atoms with Gasteiger partial charge in [-0.3, -0.25) is 38.4 Å². The number of hydrogen-bond acceptors (Lipinski definition) is 20. The van der Waals surface area contributed by atoms with Gasteiger partial charge in [0.25, 0.3) is 23.6 Å². The van der Waals surface area contributed by atoms with E-state index in [0.717, 1.165) is 73.8 Å². The molecule has 4 aromatic heterocycles. The average molecular weight is 849 g/mol. The molecule has 1 aliphatic heterocycles. The predicted octanol–water partition coefficient (Wildman–Crippen LogP) is 1.96. The first-order chi connectivity index (χ1) is 26.8. The van der Waals surface area contributed by atoms with Crippen molar-refractivity contribution in [3.8, 4) is 0 Å². The molecular formula is C32H32N8O12S4. The molecule has 20 nitrogen and oxygen atoms in total. The zero-order valence-electron chi connectivity index (χ0n) is 29.8. The number of ether oxygens (including phenoxy) is 4. The van der Waals surface area contributed by atoms with Gasteiger partial charge in [-0.1, -0.05) is 0 Å². The van der Waals surface area contributed by atoms with Gasteiger partial charge >= 0.3 is 23.9 Å². The van der Waals surface area contributed by atoms with Gasteiger partial charge in [0.2, 0.25) is 0 Å². The van der Waals surface area contributed by atoms with Crippen LogP contribution in [0.4, 0.5) is 0 Å². The molecule has 0 saturated heterocycles. The molecular weight excluding hydrogens is 817 g/mol. The van der Waals surface area contributed by atoms with Gasteiger partial charge < -0.3 is 40.2 Å². The molecule has 5 rings (SSSR count). The van der Waals surface area contributed by atoms with Crippen LogP contribution in [0.25, 0.3) is 0 Å². The Balaban J connectivity index is 1.57. The van der Waals surface area contributed by atoms with Gasteiger partial charge in [0.1, 0.15) is 42.8 Å². The standard InChI is InChI=1S/C32H32N8O12S4/c1-49-21(41)5-13-29-37-18(9-53-29)26(46)34-15(7-23(43)51-3)31-39-20(11-55-31)28(48)36-16(8-24(44)52-4)32-40-19(12-56-32)27(47)35-14(6-22(42)50-2)30-38-17(10-54-30)25(45)33-13/h9-16H,5-8H2,1-4H3,(H,33,45)(H,34,46)(H,35,47)(H,36,48)/t13-,14-,15-,16-/m0/s1. The summed E-state index contributed by atoms with van der Waals surface area (Å²) >= 11 is 3.83. The van der Waals surface area contributed by atoms with E-state index in [1.807, 2.05) is 0 Å². The summed E-state index contributed by atoms with van der Waals surface area (Å²) in [5.74, 6) is -5.80. The summed E-state index contributed by atoms with van der Waals surface area (Å²) in [6.07, 6.45) is -1.50. The van der Waals surface area contributed by atoms with Gasteiger partial charge in [0, 0.05) is 21.5 Å². The molecule has 4 N–H and O–H groups in total. The SMILES string of the molecule is COC(=O)C[C@@H]1NC(=O)c2csc(n2)[C@H](CC(=O)OC)NC(=O)c2csc(n2)[C@H](CC(=O)OC)NC(=O)c2csc(n2)[C@H](CC(=O)OC)NC(=O)c2csc1n2. The van der Waals surface area contributed by atoms with Crippen LogP contribution in [0.2, 0.25) is 0 Å². The van der Waals surface area contributed by atoms with Crippen LogP contribution in [0.3, 0.4) is 0 Å². The summed E-state index contributed by atoms with van der Waals surface area (Å²) in [5, 5.41) is 16.8. The third kappa shape index (κ3) is 10.3. The third-order valence-electron chi connectivity index (χ3n) is 7.83. The lowest BCUT2D eigenvalue weighted by atomic mass is 10.2. The first-order valence-corrected chi connectivity index (χ1v) is 19.7. The van der Waals surface area contributed by atoms with E-state index in [2.05, 4.69) is 41.2 Å². The Kier molecular flexibility index (Phi) is 13.9. The predicted molar refractivity (Wildman–Crippen MR) is 196 cm³/mol. The third-order valence-corrected chi connectivity index (χ3v) is 11.7. The van der Waals surface area contributed by atoms with Gasteiger partial charge in [0.15, 0.2) is 0 Å². The van der Waals surface area contributed by atoms with Crippen molar-refractivity contribution < 1.29 is 57.3 Å². The lowest BCUT2D eigenvalue weighted by Gasteiger charge is -2.16. The zero-order chi connectivity index (χ0) is 40.5. The number of nitrogens with one attached hydrogen (secondary N) is 4. The second kappa shape index (κ2) is 18.7. The van der Waals surface area contributed by atoms with Gasteiger partial charge in [-0.05, 0) is 0 Å². The van der Waals surface area contributed by atoms with Crippen molar-refractivity contribution in [2.45, 2.75) is 49.9 Å². The molecule has 5 heterocycles. The number of aromatic nitrogens is 4. The second-order valence-corrected chi connectivity index (χ2v) is 15.1. The van der Waals surface area contributed by atoms with E-state index >= 15 is 0 Å². The van der Waals surface area contributed by atoms with Crippen LogP contribution in [0.1, 0.15) is 112 Å². The quantitative estimate of drug-likeness (QED) is 0.146. The number of amides is 4. The molecule has 4 aromatic rings. The highest BCUT2D eigenvalue weighted by molar-refractivity contribution is 7.10. The number of fused-ring (bicyclic) bond motifs is 8. The number of hydrogen-bond donors (Lipinski definition) is 4. The molecule has 4 atom stereocenters. The fraction of sp³-hybridized carbons (Fsp3) is 0.375. The van der Waals surface area contributed by atoms with E-state index in [1.165, 1.54) is 21.5 Å². The number of carbonyl (C=O) groups excluding carboxylic acids is 8. The molecule has 24 heteroatoms. The minimum absolute atomic E-state index is 0.126. The number of methoxy groups -OCH3 is 4. The molecule has 0 saturated carbocycles. The Morgan fingerprint density at radius 3 is 0.821 bits per heavy atom. The lowest BCUT2D eigenvalue weighted by Crippen LogP contribution is -2.33. The van der Waals surface area contributed by atoms with Crippen molar-refractivity contribution in [1.82, 2.24) is 41.2 Å². The summed E-state index contributed by atoms with van der Waals surface area (Å²) < 4.78 is 19.2. The minimum atomic E-state index is -1.09. The second-order valence-electron chi connectivity index (χ2n) is 11.5. The Hall–Kier alpha value is -5.72. The monoisotopic (exact) mass is 848 g/mol. The lowest BCUT2D eigenvalue weighted by molar-refractivity contribution is -0.142. The summed E-state index contributed by atoms with van der Waals surface area (Å²) in [6.45, 7) is 0. The highest BCUT2D eigenvalue weighted by Gasteiger charge is 2.31. The Bertz CT molecular complexity index is 1850. The van der Waals surface area contributed by atoms with Crippen LogP contribution in [0.15, 0.2) is 21.5 Å². The molecule has 8 bridgehead atoms. The van der Waals surface area contributed by atoms with Crippen molar-refractivity contribution in [3.05, 3.63) is 64.3 Å². The smallest absolute Gasteiger partial charge is 0.308 e. The van der Waals surface area contributed by atoms with E-state index in [0.29, 0.717) is 0 Å². The summed E-state index contributed by atoms with van der Waals surface area (Å²) in [5.41, 5.74) is -0.505. The van der Waals surface area contributed by atoms with Crippen molar-refractivity contribution in [2.75, 3.05) is 28.4 Å². The van der Waals surface area contributed by atoms with E-state index in [4.69, 9.17) is 18.9 Å². The fourth-order valence-electron chi connectivity index (χ4n) is 4.94. The maximum absolute atomic E-state index is 13.5. The van der Waals surface area contributed by atoms with Crippen LogP contribution < -0.4 is 21.3 Å². The zero-order valence-corrected chi connectivity index (χ0v) is 33.0. The topological polar surface area (TPSA) is 273 Å². The van der Waals surface area contributed by atoms with Gasteiger partial charge in [-0.2, -0.15) is 0 Å². The highest BCUT2D eigenvalue weighted by atomic mass is 32.1. The summed E-state index contributed by atoms with van der Waals surface area (Å²) in [4.78, 5) is 121. The van der Waals surface area contributed by atoms with Crippen LogP contribution in [0, 0.1) is 0 Å². The molecule has 0 radical (unpaired) electrons. The molecule has 0 fully saturated rings. The first kappa shape index (κ1) is 41.4. The molecule has 0 aliphatic carbocycles. The molecule has 0 spiro atoms. The van der Waals surface area contributed by atoms with Crippen molar-refractivity contribution in [3.63, 3.8) is 0 Å². The van der Waals surface area contributed by atoms with Gasteiger partial charge in [-0.15, -0.1) is 45.3 Å². The molecule has 4 amide bonds. The number of rotatable bonds is 8. The number of nitrogens with zero attached hydrogens (tertiary/aromatic N) is 4. The van der Waals surface area contributed by atoms with E-state index < -0.39 is 71.7 Å². The Morgan fingerprint density at radius 2 is 0.643 bits per heavy atom. The molecule has 56 heavy (non-hydrogen) atoms. The van der Waals surface area contributed by atoms with Gasteiger partial charge in [0.05, 0.1) is 78.3 Å². The minimum Gasteiger partial charge on any atom is -0.469 e. The van der Waals surface area contributed by atoms with Crippen molar-refractivity contribution in [1.29, 1.82) is 0 Å². The van der Waals surface area contributed by atoms with Crippen LogP contribution in [-0.4, -0.2) is 95.9 Å². The summed E-state index contributed by atoms with van der Waals surface area (Å²) in [7, 11) is 4.65. The largest absolute Gasteiger partial charge is 0.469 e. The Morgan fingerprint density at radius 1 is 0.446 bits per heavy atom. The van der Waals surface area contributed by atoms with Crippen molar-refractivity contribution >= 4 is 92.9 Å². The maximum atomic E-state index is 13.5. The van der Waals surface area contributed by atoms with E-state index in [1.54, 1.807) is 0 Å². The van der Waals surface area contributed by atoms with Crippen LogP contribution >= 0.6 is 45.3 Å². The van der Waals surface area contributed by atoms with Gasteiger partial charge in [-0.25, -0.2) is 19.9 Å². The molecule has 0 unspecified atom stereocenters. The number of thiazole rings is 4. The normalized spacial score (nSPS) is 18.9. The van der Waals surface area contributed by atoms with E-state index in [9.17, 15) is 38.4 Å². The first-order valence-electron chi connectivity index (χ1n) is 16.1. The summed E-state index contributed by atoms with van der Waals surface area (Å²) in [6, 6.07) is -4.35. The molecule has 1 aliphatic rings. The number of esters is 4. The van der Waals surface area contributed by atoms with Crippen molar-refractivity contribution in [2.24, 2.45) is 0 Å². The fourth-order valence-corrected chi connectivity index (χ4v) is 8.34. The Labute approximate surface area is 332 Å². The molecule has 0 aromatic carbocycles. The maximum Gasteiger partial charge on any atom is 0.308 e. The van der Waals surface area contributed by atoms with Crippen LogP contribution in [-0.2, 0) is 38.1 Å². The average Bonchev–Trinajstić information content (AvgIpc) is 4.03.